The largest absolute Gasteiger partial charge is 0.329 e. The van der Waals surface area contributed by atoms with Gasteiger partial charge in [-0.3, -0.25) is 4.90 Å². The summed E-state index contributed by atoms with van der Waals surface area (Å²) in [7, 11) is 0. The fraction of sp³-hybridized carbons (Fsp3) is 1.00. The third-order valence-electron chi connectivity index (χ3n) is 6.60. The molecule has 2 N–H and O–H groups in total. The third kappa shape index (κ3) is 2.34. The minimum absolute atomic E-state index is 0.247. The predicted molar refractivity (Wildman–Crippen MR) is 89.2 cm³/mol. The Morgan fingerprint density at radius 3 is 2.65 bits per heavy atom. The van der Waals surface area contributed by atoms with Crippen molar-refractivity contribution in [3.63, 3.8) is 0 Å². The van der Waals surface area contributed by atoms with Crippen molar-refractivity contribution in [2.75, 3.05) is 24.6 Å². The average molecular weight is 297 g/mol. The molecule has 2 nitrogen and oxygen atoms in total. The van der Waals surface area contributed by atoms with Gasteiger partial charge >= 0.3 is 0 Å². The summed E-state index contributed by atoms with van der Waals surface area (Å²) in [6.45, 7) is 7.09. The third-order valence-corrected chi connectivity index (χ3v) is 7.78. The quantitative estimate of drug-likeness (QED) is 0.845. The molecule has 2 saturated heterocycles. The Morgan fingerprint density at radius 1 is 1.15 bits per heavy atom. The molecule has 1 saturated carbocycles. The number of nitrogens with zero attached hydrogens (tertiary/aromatic N) is 1. The second-order valence-corrected chi connectivity index (χ2v) is 8.97. The number of thioether (sulfide) groups is 1. The number of hydrogen-bond donors (Lipinski definition) is 1. The first-order chi connectivity index (χ1) is 9.61. The van der Waals surface area contributed by atoms with Crippen LogP contribution in [0.25, 0.3) is 0 Å². The summed E-state index contributed by atoms with van der Waals surface area (Å²) >= 11 is 2.14. The van der Waals surface area contributed by atoms with E-state index in [1.54, 1.807) is 0 Å². The van der Waals surface area contributed by atoms with Crippen molar-refractivity contribution in [2.24, 2.45) is 17.1 Å². The van der Waals surface area contributed by atoms with Crippen molar-refractivity contribution in [2.45, 2.75) is 70.4 Å². The van der Waals surface area contributed by atoms with Crippen LogP contribution in [0, 0.1) is 11.3 Å². The van der Waals surface area contributed by atoms with Crippen LogP contribution >= 0.6 is 11.8 Å². The lowest BCUT2D eigenvalue weighted by molar-refractivity contribution is -0.0737. The summed E-state index contributed by atoms with van der Waals surface area (Å²) in [5, 5.41) is 0. The maximum Gasteiger partial charge on any atom is 0.0475 e. The number of rotatable bonds is 2. The average Bonchev–Trinajstić information content (AvgIpc) is 2.47. The van der Waals surface area contributed by atoms with Crippen LogP contribution in [0.15, 0.2) is 0 Å². The molecule has 0 spiro atoms. The molecule has 3 aliphatic rings. The van der Waals surface area contributed by atoms with E-state index in [0.717, 1.165) is 18.5 Å². The molecule has 0 radical (unpaired) electrons. The second-order valence-electron chi connectivity index (χ2n) is 7.87. The van der Waals surface area contributed by atoms with E-state index in [9.17, 15) is 0 Å². The van der Waals surface area contributed by atoms with Gasteiger partial charge in [-0.15, -0.1) is 0 Å². The van der Waals surface area contributed by atoms with E-state index in [2.05, 4.69) is 30.5 Å². The second kappa shape index (κ2) is 5.81. The molecule has 2 aliphatic heterocycles. The van der Waals surface area contributed by atoms with Crippen molar-refractivity contribution in [1.29, 1.82) is 0 Å². The van der Waals surface area contributed by atoms with Gasteiger partial charge in [-0.05, 0) is 55.7 Å². The Labute approximate surface area is 129 Å². The standard InChI is InChI=1S/C17H32N2S/c1-16(2)9-11-20-13-17(16,12-18)19-10-5-7-14-6-3-4-8-15(14)19/h14-15H,3-13,18H2,1-2H3/t14-,15-,17?/m1/s1. The summed E-state index contributed by atoms with van der Waals surface area (Å²) in [6.07, 6.45) is 9.97. The molecule has 0 aromatic heterocycles. The van der Waals surface area contributed by atoms with Crippen LogP contribution in [0.2, 0.25) is 0 Å². The molecule has 1 aliphatic carbocycles. The van der Waals surface area contributed by atoms with Crippen LogP contribution in [-0.2, 0) is 0 Å². The Balaban J connectivity index is 1.90. The molecule has 2 heterocycles. The molecule has 116 valence electrons. The van der Waals surface area contributed by atoms with E-state index >= 15 is 0 Å². The van der Waals surface area contributed by atoms with Gasteiger partial charge in [0, 0.05) is 23.9 Å². The van der Waals surface area contributed by atoms with Crippen LogP contribution in [0.5, 0.6) is 0 Å². The fourth-order valence-electron chi connectivity index (χ4n) is 5.08. The summed E-state index contributed by atoms with van der Waals surface area (Å²) in [4.78, 5) is 2.91. The molecule has 0 aromatic rings. The van der Waals surface area contributed by atoms with Gasteiger partial charge in [0.25, 0.3) is 0 Å². The first-order valence-corrected chi connectivity index (χ1v) is 9.81. The lowest BCUT2D eigenvalue weighted by atomic mass is 9.66. The highest BCUT2D eigenvalue weighted by atomic mass is 32.2. The topological polar surface area (TPSA) is 29.3 Å². The molecule has 3 rings (SSSR count). The molecule has 3 heteroatoms. The normalized spacial score (nSPS) is 42.1. The van der Waals surface area contributed by atoms with Gasteiger partial charge < -0.3 is 5.73 Å². The van der Waals surface area contributed by atoms with Crippen LogP contribution < -0.4 is 5.73 Å². The maximum atomic E-state index is 6.41. The SMILES string of the molecule is CC1(C)CCSCC1(CN)N1CCC[C@H]2CCCC[C@H]21. The molecule has 0 bridgehead atoms. The van der Waals surface area contributed by atoms with Gasteiger partial charge in [-0.2, -0.15) is 11.8 Å². The molecule has 3 fully saturated rings. The smallest absolute Gasteiger partial charge is 0.0475 e. The highest BCUT2D eigenvalue weighted by Gasteiger charge is 2.53. The molecule has 0 amide bonds. The van der Waals surface area contributed by atoms with Crippen molar-refractivity contribution in [1.82, 2.24) is 4.90 Å². The van der Waals surface area contributed by atoms with Crippen LogP contribution in [0.3, 0.4) is 0 Å². The van der Waals surface area contributed by atoms with Gasteiger partial charge in [-0.25, -0.2) is 0 Å². The molecule has 1 unspecified atom stereocenters. The van der Waals surface area contributed by atoms with Crippen molar-refractivity contribution in [3.05, 3.63) is 0 Å². The molecule has 20 heavy (non-hydrogen) atoms. The number of hydrogen-bond acceptors (Lipinski definition) is 3. The molecule has 3 atom stereocenters. The zero-order valence-corrected chi connectivity index (χ0v) is 14.2. The summed E-state index contributed by atoms with van der Waals surface area (Å²) in [5.41, 5.74) is 7.03. The van der Waals surface area contributed by atoms with Crippen molar-refractivity contribution >= 4 is 11.8 Å². The number of piperidine rings is 1. The maximum absolute atomic E-state index is 6.41. The summed E-state index contributed by atoms with van der Waals surface area (Å²) < 4.78 is 0. The first kappa shape index (κ1) is 15.2. The van der Waals surface area contributed by atoms with Gasteiger partial charge in [0.2, 0.25) is 0 Å². The van der Waals surface area contributed by atoms with E-state index in [-0.39, 0.29) is 5.54 Å². The summed E-state index contributed by atoms with van der Waals surface area (Å²) in [5.74, 6) is 3.53. The highest BCUT2D eigenvalue weighted by Crippen LogP contribution is 2.49. The zero-order chi connectivity index (χ0) is 14.2. The van der Waals surface area contributed by atoms with E-state index in [0.29, 0.717) is 5.41 Å². The fourth-order valence-corrected chi connectivity index (χ4v) is 6.89. The highest BCUT2D eigenvalue weighted by molar-refractivity contribution is 7.99. The minimum atomic E-state index is 0.247. The summed E-state index contributed by atoms with van der Waals surface area (Å²) in [6, 6.07) is 0.832. The van der Waals surface area contributed by atoms with Crippen LogP contribution in [-0.4, -0.2) is 41.1 Å². The van der Waals surface area contributed by atoms with E-state index in [1.807, 2.05) is 0 Å². The molecular weight excluding hydrogens is 264 g/mol. The lowest BCUT2D eigenvalue weighted by Gasteiger charge is -2.61. The minimum Gasteiger partial charge on any atom is -0.329 e. The van der Waals surface area contributed by atoms with Gasteiger partial charge in [0.1, 0.15) is 0 Å². The van der Waals surface area contributed by atoms with Crippen LogP contribution in [0.4, 0.5) is 0 Å². The Kier molecular flexibility index (Phi) is 4.41. The predicted octanol–water partition coefficient (Wildman–Crippen LogP) is 3.50. The lowest BCUT2D eigenvalue weighted by Crippen LogP contribution is -2.70. The van der Waals surface area contributed by atoms with Crippen LogP contribution in [0.1, 0.15) is 58.8 Å². The Morgan fingerprint density at radius 2 is 1.90 bits per heavy atom. The molecular formula is C17H32N2S. The van der Waals surface area contributed by atoms with Gasteiger partial charge in [0.15, 0.2) is 0 Å². The number of fused-ring (bicyclic) bond motifs is 1. The zero-order valence-electron chi connectivity index (χ0n) is 13.4. The monoisotopic (exact) mass is 296 g/mol. The van der Waals surface area contributed by atoms with E-state index in [4.69, 9.17) is 5.73 Å². The first-order valence-electron chi connectivity index (χ1n) is 8.65. The number of nitrogens with two attached hydrogens (primary N) is 1. The number of likely N-dealkylation sites (tertiary alicyclic amines) is 1. The Bertz CT molecular complexity index is 342. The van der Waals surface area contributed by atoms with Crippen molar-refractivity contribution < 1.29 is 0 Å². The van der Waals surface area contributed by atoms with Crippen molar-refractivity contribution in [3.8, 4) is 0 Å². The van der Waals surface area contributed by atoms with Gasteiger partial charge in [-0.1, -0.05) is 26.7 Å². The van der Waals surface area contributed by atoms with E-state index < -0.39 is 0 Å². The van der Waals surface area contributed by atoms with Gasteiger partial charge in [0.05, 0.1) is 0 Å². The van der Waals surface area contributed by atoms with E-state index in [1.165, 1.54) is 63.0 Å². The molecule has 0 aromatic carbocycles. The Hall–Kier alpha value is 0.270.